The van der Waals surface area contributed by atoms with E-state index in [-0.39, 0.29) is 29.5 Å². The van der Waals surface area contributed by atoms with Gasteiger partial charge in [-0.25, -0.2) is 4.79 Å². The molecule has 3 rings (SSSR count). The highest BCUT2D eigenvalue weighted by atomic mass is 32.2. The number of non-ortho nitro benzene ring substituents is 1. The number of ether oxygens (including phenoxy) is 1. The van der Waals surface area contributed by atoms with Crippen LogP contribution in [0.25, 0.3) is 0 Å². The zero-order valence-corrected chi connectivity index (χ0v) is 17.9. The number of hydrogen-bond acceptors (Lipinski definition) is 10. The summed E-state index contributed by atoms with van der Waals surface area (Å²) >= 11 is 1.13. The SMILES string of the molecule is CC(=O)NC1C(=O)N2C(C(=O)OCc3ccc([N+](=O)[O-])cc3)=C(OS(C)(=O)=O)CS[C@H]12. The molecular weight excluding hydrogens is 454 g/mol. The first-order valence-corrected chi connectivity index (χ1v) is 11.6. The molecule has 2 heterocycles. The average Bonchev–Trinajstić information content (AvgIpc) is 2.69. The number of rotatable bonds is 7. The van der Waals surface area contributed by atoms with E-state index < -0.39 is 44.2 Å². The van der Waals surface area contributed by atoms with Crippen LogP contribution in [0.15, 0.2) is 35.7 Å². The van der Waals surface area contributed by atoms with Crippen molar-refractivity contribution >= 4 is 45.4 Å². The topological polar surface area (TPSA) is 162 Å². The molecule has 2 aliphatic rings. The first kappa shape index (κ1) is 22.6. The number of carbonyl (C=O) groups excluding carboxylic acids is 3. The predicted octanol–water partition coefficient (Wildman–Crippen LogP) is 0.246. The Balaban J connectivity index is 1.82. The molecule has 0 radical (unpaired) electrons. The Morgan fingerprint density at radius 2 is 1.97 bits per heavy atom. The summed E-state index contributed by atoms with van der Waals surface area (Å²) in [6.45, 7) is 0.971. The molecular formula is C17H17N3O9S2. The number of nitro groups is 1. The van der Waals surface area contributed by atoms with Crippen LogP contribution < -0.4 is 5.32 Å². The summed E-state index contributed by atoms with van der Waals surface area (Å²) < 4.78 is 33.3. The van der Waals surface area contributed by atoms with Gasteiger partial charge in [-0.1, -0.05) is 0 Å². The highest BCUT2D eigenvalue weighted by Gasteiger charge is 2.55. The molecule has 0 spiro atoms. The van der Waals surface area contributed by atoms with Gasteiger partial charge in [0.2, 0.25) is 5.91 Å². The minimum absolute atomic E-state index is 0.0421. The van der Waals surface area contributed by atoms with E-state index in [0.29, 0.717) is 5.56 Å². The predicted molar refractivity (Wildman–Crippen MR) is 107 cm³/mol. The number of hydrogen-bond donors (Lipinski definition) is 1. The van der Waals surface area contributed by atoms with Crippen molar-refractivity contribution in [3.8, 4) is 0 Å². The molecule has 2 atom stereocenters. The standard InChI is InChI=1S/C17H17N3O9S2/c1-9(21)18-13-15(22)19-14(12(8-30-16(13)19)29-31(2,26)27)17(23)28-7-10-3-5-11(6-4-10)20(24)25/h3-6,13,16H,7-8H2,1-2H3,(H,18,21)/t13?,16-/m1/s1. The lowest BCUT2D eigenvalue weighted by Gasteiger charge is -2.48. The lowest BCUT2D eigenvalue weighted by molar-refractivity contribution is -0.384. The molecule has 0 aliphatic carbocycles. The fourth-order valence-electron chi connectivity index (χ4n) is 2.98. The third-order valence-corrected chi connectivity index (χ3v) is 6.01. The van der Waals surface area contributed by atoms with Crippen LogP contribution in [0.3, 0.4) is 0 Å². The Bertz CT molecular complexity index is 1080. The van der Waals surface area contributed by atoms with Crippen LogP contribution in [0.5, 0.6) is 0 Å². The Morgan fingerprint density at radius 3 is 2.52 bits per heavy atom. The number of carbonyl (C=O) groups is 3. The number of nitrogens with one attached hydrogen (secondary N) is 1. The fourth-order valence-corrected chi connectivity index (χ4v) is 4.81. The first-order valence-electron chi connectivity index (χ1n) is 8.73. The molecule has 12 nitrogen and oxygen atoms in total. The van der Waals surface area contributed by atoms with Crippen molar-refractivity contribution in [1.82, 2.24) is 10.2 Å². The molecule has 0 saturated carbocycles. The number of thioether (sulfide) groups is 1. The molecule has 1 unspecified atom stereocenters. The molecule has 1 aromatic carbocycles. The van der Waals surface area contributed by atoms with Crippen molar-refractivity contribution in [2.75, 3.05) is 12.0 Å². The van der Waals surface area contributed by atoms with E-state index >= 15 is 0 Å². The lowest BCUT2D eigenvalue weighted by atomic mass is 10.0. The molecule has 0 bridgehead atoms. The third-order valence-electron chi connectivity index (χ3n) is 4.25. The molecule has 14 heteroatoms. The highest BCUT2D eigenvalue weighted by Crippen LogP contribution is 2.41. The summed E-state index contributed by atoms with van der Waals surface area (Å²) in [4.78, 5) is 47.8. The Kier molecular flexibility index (Phi) is 6.22. The molecule has 2 amide bonds. The molecule has 166 valence electrons. The Hall–Kier alpha value is -3.13. The van der Waals surface area contributed by atoms with E-state index in [4.69, 9.17) is 8.92 Å². The molecule has 2 aliphatic heterocycles. The van der Waals surface area contributed by atoms with Crippen LogP contribution in [0.4, 0.5) is 5.69 Å². The van der Waals surface area contributed by atoms with Gasteiger partial charge in [0, 0.05) is 19.1 Å². The number of benzene rings is 1. The quantitative estimate of drug-likeness (QED) is 0.192. The smallest absolute Gasteiger partial charge is 0.359 e. The summed E-state index contributed by atoms with van der Waals surface area (Å²) in [5.41, 5.74) is -0.0513. The maximum absolute atomic E-state index is 12.8. The van der Waals surface area contributed by atoms with Gasteiger partial charge >= 0.3 is 16.1 Å². The maximum Gasteiger partial charge on any atom is 0.359 e. The molecule has 1 N–H and O–H groups in total. The van der Waals surface area contributed by atoms with Crippen LogP contribution in [0, 0.1) is 10.1 Å². The first-order chi connectivity index (χ1) is 14.5. The number of esters is 1. The largest absolute Gasteiger partial charge is 0.456 e. The summed E-state index contributed by atoms with van der Waals surface area (Å²) in [5.74, 6) is -2.34. The van der Waals surface area contributed by atoms with Crippen molar-refractivity contribution in [3.05, 3.63) is 51.4 Å². The van der Waals surface area contributed by atoms with Crippen LogP contribution in [0.2, 0.25) is 0 Å². The van der Waals surface area contributed by atoms with E-state index in [1.165, 1.54) is 31.2 Å². The van der Waals surface area contributed by atoms with Gasteiger partial charge in [0.15, 0.2) is 11.5 Å². The second-order valence-corrected chi connectivity index (χ2v) is 9.33. The van der Waals surface area contributed by atoms with Crippen molar-refractivity contribution in [1.29, 1.82) is 0 Å². The van der Waals surface area contributed by atoms with Crippen molar-refractivity contribution in [2.24, 2.45) is 0 Å². The van der Waals surface area contributed by atoms with E-state index in [1.807, 2.05) is 0 Å². The van der Waals surface area contributed by atoms with Crippen LogP contribution in [0.1, 0.15) is 12.5 Å². The van der Waals surface area contributed by atoms with Crippen LogP contribution in [-0.2, 0) is 40.0 Å². The fraction of sp³-hybridized carbons (Fsp3) is 0.353. The van der Waals surface area contributed by atoms with Crippen molar-refractivity contribution in [2.45, 2.75) is 24.9 Å². The van der Waals surface area contributed by atoms with Crippen LogP contribution >= 0.6 is 11.8 Å². The maximum atomic E-state index is 12.8. The molecule has 1 fully saturated rings. The van der Waals surface area contributed by atoms with E-state index in [1.54, 1.807) is 0 Å². The van der Waals surface area contributed by atoms with Gasteiger partial charge in [-0.3, -0.25) is 24.6 Å². The summed E-state index contributed by atoms with van der Waals surface area (Å²) in [5, 5.41) is 12.6. The lowest BCUT2D eigenvalue weighted by Crippen LogP contribution is -2.70. The number of nitro benzene ring substituents is 1. The zero-order valence-electron chi connectivity index (χ0n) is 16.3. The summed E-state index contributed by atoms with van der Waals surface area (Å²) in [6, 6.07) is 4.42. The molecule has 0 aromatic heterocycles. The van der Waals surface area contributed by atoms with E-state index in [2.05, 4.69) is 5.32 Å². The average molecular weight is 471 g/mol. The minimum atomic E-state index is -3.99. The summed E-state index contributed by atoms with van der Waals surface area (Å²) in [6.07, 6.45) is 0.800. The van der Waals surface area contributed by atoms with Gasteiger partial charge in [0.25, 0.3) is 11.6 Å². The number of fused-ring (bicyclic) bond motifs is 1. The molecule has 1 saturated heterocycles. The molecule has 1 aromatic rings. The monoisotopic (exact) mass is 471 g/mol. The van der Waals surface area contributed by atoms with Gasteiger partial charge in [0.1, 0.15) is 18.0 Å². The van der Waals surface area contributed by atoms with Crippen molar-refractivity contribution < 1.29 is 36.6 Å². The Labute approximate surface area is 180 Å². The van der Waals surface area contributed by atoms with Gasteiger partial charge in [0.05, 0.1) is 16.9 Å². The van der Waals surface area contributed by atoms with E-state index in [9.17, 15) is 32.9 Å². The number of amides is 2. The number of β-lactam (4-membered cyclic amide) rings is 1. The van der Waals surface area contributed by atoms with Crippen molar-refractivity contribution in [3.63, 3.8) is 0 Å². The third kappa shape index (κ3) is 4.96. The normalized spacial score (nSPS) is 20.5. The summed E-state index contributed by atoms with van der Waals surface area (Å²) in [7, 11) is -3.99. The van der Waals surface area contributed by atoms with Gasteiger partial charge in [-0.15, -0.1) is 11.8 Å². The highest BCUT2D eigenvalue weighted by molar-refractivity contribution is 8.00. The second-order valence-electron chi connectivity index (χ2n) is 6.65. The zero-order chi connectivity index (χ0) is 22.9. The van der Waals surface area contributed by atoms with E-state index in [0.717, 1.165) is 22.9 Å². The number of nitrogens with zero attached hydrogens (tertiary/aromatic N) is 2. The van der Waals surface area contributed by atoms with Gasteiger partial charge in [-0.05, 0) is 17.7 Å². The van der Waals surface area contributed by atoms with Gasteiger partial charge in [-0.2, -0.15) is 8.42 Å². The van der Waals surface area contributed by atoms with Crippen LogP contribution in [-0.4, -0.2) is 59.4 Å². The van der Waals surface area contributed by atoms with Gasteiger partial charge < -0.3 is 14.2 Å². The minimum Gasteiger partial charge on any atom is -0.456 e. The Morgan fingerprint density at radius 1 is 1.32 bits per heavy atom. The second kappa shape index (κ2) is 8.55. The molecule has 31 heavy (non-hydrogen) atoms.